The van der Waals surface area contributed by atoms with Gasteiger partial charge >= 0.3 is 6.03 Å². The molecule has 0 aliphatic carbocycles. The first kappa shape index (κ1) is 16.2. The summed E-state index contributed by atoms with van der Waals surface area (Å²) >= 11 is 0. The molecule has 0 radical (unpaired) electrons. The van der Waals surface area contributed by atoms with E-state index in [1.165, 1.54) is 7.05 Å². The summed E-state index contributed by atoms with van der Waals surface area (Å²) < 4.78 is 1.55. The normalized spacial score (nSPS) is 10.3. The number of nitrogens with one attached hydrogen (secondary N) is 4. The number of nitrogens with zero attached hydrogens (tertiary/aromatic N) is 3. The Balaban J connectivity index is 1.82. The summed E-state index contributed by atoms with van der Waals surface area (Å²) in [6, 6.07) is 10.3. The van der Waals surface area contributed by atoms with Crippen molar-refractivity contribution < 1.29 is 9.59 Å². The topological polar surface area (TPSA) is 112 Å². The SMILES string of the molecule is CNC(=O)Nc1cn2nc(Nc3cccc(C(=O)NC)c3)ccc2n1. The number of hydrogen-bond donors (Lipinski definition) is 4. The number of urea groups is 1. The lowest BCUT2D eigenvalue weighted by molar-refractivity contribution is 0.0963. The first-order chi connectivity index (χ1) is 12.1. The number of aromatic nitrogens is 3. The largest absolute Gasteiger partial charge is 0.355 e. The van der Waals surface area contributed by atoms with Crippen molar-refractivity contribution >= 4 is 34.9 Å². The molecule has 0 saturated carbocycles. The van der Waals surface area contributed by atoms with Gasteiger partial charge in [0, 0.05) is 25.3 Å². The lowest BCUT2D eigenvalue weighted by atomic mass is 10.2. The number of amides is 3. The highest BCUT2D eigenvalue weighted by molar-refractivity contribution is 5.95. The van der Waals surface area contributed by atoms with Crippen LogP contribution in [0.2, 0.25) is 0 Å². The molecule has 0 saturated heterocycles. The summed E-state index contributed by atoms with van der Waals surface area (Å²) in [6.07, 6.45) is 1.61. The number of fused-ring (bicyclic) bond motifs is 1. The number of carbonyl (C=O) groups excluding carboxylic acids is 2. The van der Waals surface area contributed by atoms with Crippen LogP contribution in [0.3, 0.4) is 0 Å². The van der Waals surface area contributed by atoms with Crippen molar-refractivity contribution in [2.75, 3.05) is 24.7 Å². The zero-order valence-corrected chi connectivity index (χ0v) is 13.7. The van der Waals surface area contributed by atoms with E-state index in [9.17, 15) is 9.59 Å². The third-order valence-electron chi connectivity index (χ3n) is 3.41. The number of anilines is 3. The van der Waals surface area contributed by atoms with Crippen LogP contribution in [0.25, 0.3) is 5.65 Å². The Hall–Kier alpha value is -3.62. The molecule has 2 aromatic heterocycles. The Morgan fingerprint density at radius 3 is 2.64 bits per heavy atom. The number of imidazole rings is 1. The first-order valence-electron chi connectivity index (χ1n) is 7.53. The Morgan fingerprint density at radius 2 is 1.88 bits per heavy atom. The average Bonchev–Trinajstić information content (AvgIpc) is 3.02. The molecule has 3 amide bonds. The van der Waals surface area contributed by atoms with Gasteiger partial charge in [-0.2, -0.15) is 0 Å². The van der Waals surface area contributed by atoms with Crippen molar-refractivity contribution in [2.24, 2.45) is 0 Å². The van der Waals surface area contributed by atoms with Gasteiger partial charge in [0.2, 0.25) is 0 Å². The first-order valence-corrected chi connectivity index (χ1v) is 7.53. The fourth-order valence-corrected chi connectivity index (χ4v) is 2.22. The molecule has 3 rings (SSSR count). The third-order valence-corrected chi connectivity index (χ3v) is 3.41. The van der Waals surface area contributed by atoms with Gasteiger partial charge in [-0.1, -0.05) is 6.07 Å². The highest BCUT2D eigenvalue weighted by atomic mass is 16.2. The highest BCUT2D eigenvalue weighted by Gasteiger charge is 2.07. The molecule has 0 bridgehead atoms. The van der Waals surface area contributed by atoms with Crippen LogP contribution >= 0.6 is 0 Å². The maximum atomic E-state index is 11.7. The Morgan fingerprint density at radius 1 is 1.04 bits per heavy atom. The fraction of sp³-hybridized carbons (Fsp3) is 0.125. The maximum Gasteiger partial charge on any atom is 0.320 e. The minimum Gasteiger partial charge on any atom is -0.355 e. The zero-order valence-electron chi connectivity index (χ0n) is 13.7. The van der Waals surface area contributed by atoms with Crippen molar-refractivity contribution in [1.29, 1.82) is 0 Å². The predicted octanol–water partition coefficient (Wildman–Crippen LogP) is 1.58. The third kappa shape index (κ3) is 3.66. The lowest BCUT2D eigenvalue weighted by Gasteiger charge is -2.07. The van der Waals surface area contributed by atoms with E-state index in [2.05, 4.69) is 31.3 Å². The fourth-order valence-electron chi connectivity index (χ4n) is 2.22. The molecule has 9 nitrogen and oxygen atoms in total. The molecule has 2 heterocycles. The van der Waals surface area contributed by atoms with Crippen molar-refractivity contribution in [1.82, 2.24) is 25.2 Å². The van der Waals surface area contributed by atoms with Crippen molar-refractivity contribution in [3.8, 4) is 0 Å². The highest BCUT2D eigenvalue weighted by Crippen LogP contribution is 2.17. The van der Waals surface area contributed by atoms with Gasteiger partial charge in [-0.3, -0.25) is 10.1 Å². The van der Waals surface area contributed by atoms with Gasteiger partial charge in [0.15, 0.2) is 17.3 Å². The van der Waals surface area contributed by atoms with Crippen LogP contribution in [0, 0.1) is 0 Å². The molecular formula is C16H17N7O2. The molecule has 3 aromatic rings. The quantitative estimate of drug-likeness (QED) is 0.576. The Kier molecular flexibility index (Phi) is 4.46. The Bertz CT molecular complexity index is 935. The van der Waals surface area contributed by atoms with Gasteiger partial charge in [0.05, 0.1) is 6.20 Å². The minimum atomic E-state index is -0.354. The number of rotatable bonds is 4. The van der Waals surface area contributed by atoms with E-state index in [-0.39, 0.29) is 11.9 Å². The molecule has 0 unspecified atom stereocenters. The average molecular weight is 339 g/mol. The second-order valence-corrected chi connectivity index (χ2v) is 5.14. The van der Waals surface area contributed by atoms with Crippen LogP contribution in [0.4, 0.5) is 22.1 Å². The number of benzene rings is 1. The summed E-state index contributed by atoms with van der Waals surface area (Å²) in [6.45, 7) is 0. The van der Waals surface area contributed by atoms with E-state index >= 15 is 0 Å². The minimum absolute atomic E-state index is 0.161. The van der Waals surface area contributed by atoms with E-state index < -0.39 is 0 Å². The van der Waals surface area contributed by atoms with Crippen LogP contribution in [0.15, 0.2) is 42.6 Å². The molecule has 25 heavy (non-hydrogen) atoms. The summed E-state index contributed by atoms with van der Waals surface area (Å²) in [5.74, 6) is 0.808. The smallest absolute Gasteiger partial charge is 0.320 e. The molecule has 9 heteroatoms. The van der Waals surface area contributed by atoms with E-state index in [1.807, 2.05) is 6.07 Å². The molecule has 1 aromatic carbocycles. The van der Waals surface area contributed by atoms with Crippen LogP contribution in [0.5, 0.6) is 0 Å². The van der Waals surface area contributed by atoms with Gasteiger partial charge in [0.1, 0.15) is 0 Å². The standard InChI is InChI=1S/C16H17N7O2/c1-17-15(24)10-4-3-5-11(8-10)19-12-6-7-14-20-13(9-23(14)22-12)21-16(25)18-2/h3-9H,1-2H3,(H,17,24)(H,19,22)(H2,18,21,25). The van der Waals surface area contributed by atoms with Gasteiger partial charge in [-0.15, -0.1) is 5.10 Å². The van der Waals surface area contributed by atoms with Crippen molar-refractivity contribution in [3.05, 3.63) is 48.2 Å². The molecule has 0 spiro atoms. The van der Waals surface area contributed by atoms with Crippen LogP contribution in [-0.4, -0.2) is 40.6 Å². The van der Waals surface area contributed by atoms with Crippen LogP contribution < -0.4 is 21.3 Å². The van der Waals surface area contributed by atoms with E-state index in [0.29, 0.717) is 22.8 Å². The molecule has 0 fully saturated rings. The van der Waals surface area contributed by atoms with E-state index in [4.69, 9.17) is 0 Å². The van der Waals surface area contributed by atoms with Gasteiger partial charge < -0.3 is 16.0 Å². The maximum absolute atomic E-state index is 11.7. The second-order valence-electron chi connectivity index (χ2n) is 5.14. The van der Waals surface area contributed by atoms with E-state index in [1.54, 1.807) is 48.1 Å². The number of carbonyl (C=O) groups is 2. The van der Waals surface area contributed by atoms with Gasteiger partial charge in [-0.25, -0.2) is 14.3 Å². The van der Waals surface area contributed by atoms with E-state index in [0.717, 1.165) is 5.69 Å². The lowest BCUT2D eigenvalue weighted by Crippen LogP contribution is -2.24. The molecular weight excluding hydrogens is 322 g/mol. The summed E-state index contributed by atoms with van der Waals surface area (Å²) in [5.41, 5.74) is 1.88. The van der Waals surface area contributed by atoms with Gasteiger partial charge in [0.25, 0.3) is 5.91 Å². The van der Waals surface area contributed by atoms with Crippen molar-refractivity contribution in [2.45, 2.75) is 0 Å². The zero-order chi connectivity index (χ0) is 17.8. The van der Waals surface area contributed by atoms with Crippen LogP contribution in [-0.2, 0) is 0 Å². The molecule has 0 atom stereocenters. The van der Waals surface area contributed by atoms with Crippen molar-refractivity contribution in [3.63, 3.8) is 0 Å². The molecule has 4 N–H and O–H groups in total. The second kappa shape index (κ2) is 6.87. The number of hydrogen-bond acceptors (Lipinski definition) is 5. The van der Waals surface area contributed by atoms with Crippen LogP contribution in [0.1, 0.15) is 10.4 Å². The summed E-state index contributed by atoms with van der Waals surface area (Å²) in [5, 5.41) is 15.2. The molecule has 128 valence electrons. The summed E-state index contributed by atoms with van der Waals surface area (Å²) in [4.78, 5) is 27.3. The monoisotopic (exact) mass is 339 g/mol. The Labute approximate surface area is 143 Å². The summed E-state index contributed by atoms with van der Waals surface area (Å²) in [7, 11) is 3.11. The predicted molar refractivity (Wildman–Crippen MR) is 94.2 cm³/mol. The van der Waals surface area contributed by atoms with Gasteiger partial charge in [-0.05, 0) is 30.3 Å². The molecule has 0 aliphatic heterocycles. The molecule has 0 aliphatic rings.